The average molecular weight is 181 g/mol. The third-order valence-corrected chi connectivity index (χ3v) is 1.25. The van der Waals surface area contributed by atoms with Gasteiger partial charge in [0.2, 0.25) is 0 Å². The van der Waals surface area contributed by atoms with E-state index in [0.717, 1.165) is 6.42 Å². The maximum absolute atomic E-state index is 10.8. The first-order valence-electron chi connectivity index (χ1n) is 4.13. The van der Waals surface area contributed by atoms with Crippen molar-refractivity contribution in [3.8, 4) is 0 Å². The van der Waals surface area contributed by atoms with Gasteiger partial charge in [-0.1, -0.05) is 25.7 Å². The third-order valence-electron chi connectivity index (χ3n) is 1.25. The summed E-state index contributed by atoms with van der Waals surface area (Å²) in [5.74, 6) is 0.434. The molecule has 0 unspecified atom stereocenters. The number of alkyl carbamates (subject to hydrolysis) is 1. The fourth-order valence-electron chi connectivity index (χ4n) is 0.601. The standard InChI is InChI=1S/C10H15NO2/c1-4-6-7-8-9(5-2)13-10(12)11-3/h5-8H,2,4H2,1,3H3,(H,11,12). The van der Waals surface area contributed by atoms with Gasteiger partial charge in [0, 0.05) is 7.05 Å². The summed E-state index contributed by atoms with van der Waals surface area (Å²) in [6.45, 7) is 5.55. The molecule has 1 amide bonds. The van der Waals surface area contributed by atoms with Gasteiger partial charge in [0.25, 0.3) is 0 Å². The molecule has 0 fully saturated rings. The Hall–Kier alpha value is -1.51. The highest BCUT2D eigenvalue weighted by molar-refractivity contribution is 5.68. The molecule has 0 radical (unpaired) electrons. The summed E-state index contributed by atoms with van der Waals surface area (Å²) in [5, 5.41) is 2.35. The summed E-state index contributed by atoms with van der Waals surface area (Å²) in [7, 11) is 1.50. The van der Waals surface area contributed by atoms with Crippen LogP contribution in [-0.4, -0.2) is 13.1 Å². The van der Waals surface area contributed by atoms with E-state index in [-0.39, 0.29) is 0 Å². The lowest BCUT2D eigenvalue weighted by Crippen LogP contribution is -2.18. The summed E-state index contributed by atoms with van der Waals surface area (Å²) in [6.07, 6.45) is 7.40. The van der Waals surface area contributed by atoms with E-state index in [4.69, 9.17) is 4.74 Å². The van der Waals surface area contributed by atoms with Crippen LogP contribution in [0.2, 0.25) is 0 Å². The zero-order valence-electron chi connectivity index (χ0n) is 8.04. The molecule has 0 atom stereocenters. The topological polar surface area (TPSA) is 38.3 Å². The molecule has 0 aromatic heterocycles. The first kappa shape index (κ1) is 11.5. The molecule has 0 bridgehead atoms. The highest BCUT2D eigenvalue weighted by Crippen LogP contribution is 1.99. The van der Waals surface area contributed by atoms with Crippen LogP contribution in [0.1, 0.15) is 13.3 Å². The SMILES string of the molecule is C=CC(=CC=CCC)OC(=O)NC. The van der Waals surface area contributed by atoms with Crippen molar-refractivity contribution in [3.05, 3.63) is 36.6 Å². The average Bonchev–Trinajstić information content (AvgIpc) is 2.16. The van der Waals surface area contributed by atoms with E-state index in [9.17, 15) is 4.79 Å². The van der Waals surface area contributed by atoms with E-state index in [1.807, 2.05) is 19.1 Å². The Labute approximate surface area is 78.8 Å². The third kappa shape index (κ3) is 5.73. The molecule has 3 heteroatoms. The van der Waals surface area contributed by atoms with Gasteiger partial charge >= 0.3 is 6.09 Å². The lowest BCUT2D eigenvalue weighted by molar-refractivity contribution is 0.181. The predicted molar refractivity (Wildman–Crippen MR) is 53.3 cm³/mol. The number of carbonyl (C=O) groups excluding carboxylic acids is 1. The van der Waals surface area contributed by atoms with Crippen LogP contribution in [-0.2, 0) is 4.74 Å². The largest absolute Gasteiger partial charge is 0.412 e. The number of nitrogens with one attached hydrogen (secondary N) is 1. The van der Waals surface area contributed by atoms with Crippen molar-refractivity contribution < 1.29 is 9.53 Å². The number of hydrogen-bond acceptors (Lipinski definition) is 2. The van der Waals surface area contributed by atoms with Gasteiger partial charge in [-0.25, -0.2) is 4.79 Å². The molecule has 13 heavy (non-hydrogen) atoms. The molecule has 0 aliphatic rings. The van der Waals surface area contributed by atoms with E-state index in [2.05, 4.69) is 11.9 Å². The number of hydrogen-bond donors (Lipinski definition) is 1. The molecule has 0 aliphatic carbocycles. The van der Waals surface area contributed by atoms with Crippen LogP contribution in [0.25, 0.3) is 0 Å². The highest BCUT2D eigenvalue weighted by atomic mass is 16.6. The number of carbonyl (C=O) groups is 1. The van der Waals surface area contributed by atoms with E-state index in [0.29, 0.717) is 5.76 Å². The van der Waals surface area contributed by atoms with Gasteiger partial charge in [-0.3, -0.25) is 0 Å². The van der Waals surface area contributed by atoms with Crippen LogP contribution in [0, 0.1) is 0 Å². The second kappa shape index (κ2) is 7.16. The lowest BCUT2D eigenvalue weighted by atomic mass is 10.3. The second-order valence-corrected chi connectivity index (χ2v) is 2.25. The number of ether oxygens (including phenoxy) is 1. The molecular formula is C10H15NO2. The van der Waals surface area contributed by atoms with E-state index >= 15 is 0 Å². The van der Waals surface area contributed by atoms with Gasteiger partial charge in [-0.15, -0.1) is 0 Å². The number of rotatable bonds is 4. The van der Waals surface area contributed by atoms with Gasteiger partial charge in [0.05, 0.1) is 0 Å². The van der Waals surface area contributed by atoms with Crippen LogP contribution < -0.4 is 5.32 Å². The highest BCUT2D eigenvalue weighted by Gasteiger charge is 1.98. The van der Waals surface area contributed by atoms with Gasteiger partial charge < -0.3 is 10.1 Å². The summed E-state index contributed by atoms with van der Waals surface area (Å²) in [4.78, 5) is 10.8. The molecule has 0 saturated carbocycles. The maximum atomic E-state index is 10.8. The Bertz CT molecular complexity index is 229. The second-order valence-electron chi connectivity index (χ2n) is 2.25. The summed E-state index contributed by atoms with van der Waals surface area (Å²) in [6, 6.07) is 0. The molecule has 0 aliphatic heterocycles. The molecule has 1 N–H and O–H groups in total. The van der Waals surface area contributed by atoms with Gasteiger partial charge in [-0.05, 0) is 18.6 Å². The number of allylic oxidation sites excluding steroid dienone is 4. The lowest BCUT2D eigenvalue weighted by Gasteiger charge is -2.01. The fourth-order valence-corrected chi connectivity index (χ4v) is 0.601. The molecule has 0 aromatic carbocycles. The predicted octanol–water partition coefficient (Wildman–Crippen LogP) is 2.38. The van der Waals surface area contributed by atoms with Gasteiger partial charge in [0.1, 0.15) is 5.76 Å². The Kier molecular flexibility index (Phi) is 6.32. The molecule has 0 aromatic rings. The quantitative estimate of drug-likeness (QED) is 0.534. The maximum Gasteiger partial charge on any atom is 0.412 e. The van der Waals surface area contributed by atoms with Crippen molar-refractivity contribution in [2.24, 2.45) is 0 Å². The van der Waals surface area contributed by atoms with Crippen molar-refractivity contribution >= 4 is 6.09 Å². The molecule has 72 valence electrons. The molecular weight excluding hydrogens is 166 g/mol. The first-order valence-corrected chi connectivity index (χ1v) is 4.13. The van der Waals surface area contributed by atoms with Crippen LogP contribution in [0.3, 0.4) is 0 Å². The molecule has 0 spiro atoms. The molecule has 0 heterocycles. The summed E-state index contributed by atoms with van der Waals surface area (Å²) < 4.78 is 4.84. The van der Waals surface area contributed by atoms with Crippen LogP contribution in [0.5, 0.6) is 0 Å². The summed E-state index contributed by atoms with van der Waals surface area (Å²) in [5.41, 5.74) is 0. The molecule has 0 saturated heterocycles. The minimum absolute atomic E-state index is 0.434. The minimum atomic E-state index is -0.490. The van der Waals surface area contributed by atoms with Gasteiger partial charge in [0.15, 0.2) is 0 Å². The van der Waals surface area contributed by atoms with Crippen LogP contribution in [0.4, 0.5) is 4.79 Å². The van der Waals surface area contributed by atoms with Crippen LogP contribution in [0.15, 0.2) is 36.6 Å². The van der Waals surface area contributed by atoms with E-state index in [1.165, 1.54) is 13.1 Å². The van der Waals surface area contributed by atoms with Gasteiger partial charge in [-0.2, -0.15) is 0 Å². The Morgan fingerprint density at radius 2 is 2.31 bits per heavy atom. The Morgan fingerprint density at radius 3 is 2.77 bits per heavy atom. The zero-order chi connectivity index (χ0) is 10.1. The number of amides is 1. The van der Waals surface area contributed by atoms with Crippen molar-refractivity contribution in [2.45, 2.75) is 13.3 Å². The fraction of sp³-hybridized carbons (Fsp3) is 0.300. The van der Waals surface area contributed by atoms with Crippen molar-refractivity contribution in [1.29, 1.82) is 0 Å². The van der Waals surface area contributed by atoms with Crippen molar-refractivity contribution in [1.82, 2.24) is 5.32 Å². The van der Waals surface area contributed by atoms with E-state index in [1.54, 1.807) is 6.08 Å². The smallest absolute Gasteiger partial charge is 0.410 e. The van der Waals surface area contributed by atoms with Crippen molar-refractivity contribution in [2.75, 3.05) is 7.05 Å². The summed E-state index contributed by atoms with van der Waals surface area (Å²) >= 11 is 0. The van der Waals surface area contributed by atoms with Crippen molar-refractivity contribution in [3.63, 3.8) is 0 Å². The monoisotopic (exact) mass is 181 g/mol. The zero-order valence-corrected chi connectivity index (χ0v) is 8.04. The molecule has 3 nitrogen and oxygen atoms in total. The van der Waals surface area contributed by atoms with E-state index < -0.39 is 6.09 Å². The van der Waals surface area contributed by atoms with Crippen LogP contribution >= 0.6 is 0 Å². The Balaban J connectivity index is 4.16. The normalized spacial score (nSPS) is 11.4. The minimum Gasteiger partial charge on any atom is -0.410 e. The molecule has 0 rings (SSSR count). The first-order chi connectivity index (χ1) is 6.24. The Morgan fingerprint density at radius 1 is 1.62 bits per heavy atom.